The fourth-order valence-corrected chi connectivity index (χ4v) is 0. The smallest absolute Gasteiger partial charge is 0.652 e. The molecule has 0 atom stereocenters. The first-order valence-electron chi connectivity index (χ1n) is 0.612. The summed E-state index contributed by atoms with van der Waals surface area (Å²) < 4.78 is 0. The van der Waals surface area contributed by atoms with E-state index in [0.29, 0.717) is 0 Å². The Bertz CT molecular complexity index is 33.8. The van der Waals surface area contributed by atoms with Gasteiger partial charge in [0.2, 0.25) is 0 Å². The molecule has 0 saturated heterocycles. The van der Waals surface area contributed by atoms with E-state index >= 15 is 0 Å². The molecule has 0 fully saturated rings. The van der Waals surface area contributed by atoms with Crippen LogP contribution in [0.3, 0.4) is 0 Å². The van der Waals surface area contributed by atoms with E-state index in [4.69, 9.17) is 15.0 Å². The summed E-state index contributed by atoms with van der Waals surface area (Å²) in [5.74, 6) is 0. The zero-order valence-electron chi connectivity index (χ0n) is 3.03. The molecule has 0 aliphatic rings. The van der Waals surface area contributed by atoms with Gasteiger partial charge in [0.15, 0.2) is 0 Å². The van der Waals surface area contributed by atoms with Crippen LogP contribution in [0.2, 0.25) is 0 Å². The minimum atomic E-state index is -2.33. The second-order valence-electron chi connectivity index (χ2n) is 0.250. The first-order chi connectivity index (χ1) is 1.73. The number of carbonyl (C=O) groups is 1. The minimum absolute atomic E-state index is 0. The molecule has 5 heteroatoms. The predicted molar refractivity (Wildman–Crippen MR) is 5.40 cm³/mol. The van der Waals surface area contributed by atoms with Gasteiger partial charge in [-0.1, -0.05) is 0 Å². The molecule has 0 spiro atoms. The molecular formula is CAgCsO3. The molecular weight excluding hydrogens is 301 g/mol. The summed E-state index contributed by atoms with van der Waals surface area (Å²) in [6.45, 7) is 0. The van der Waals surface area contributed by atoms with E-state index in [0.717, 1.165) is 0 Å². The normalized spacial score (nSPS) is 4.00. The molecule has 34 valence electrons. The molecule has 0 N–H and O–H groups in total. The standard InChI is InChI=1S/CH2O3.Ag.Cs/c2-1(3)4;;/h(H2,2,3,4);;/q;2*+1/p-2. The number of hydrogen-bond donors (Lipinski definition) is 0. The second kappa shape index (κ2) is 10.1. The van der Waals surface area contributed by atoms with Crippen LogP contribution in [0.5, 0.6) is 0 Å². The van der Waals surface area contributed by atoms with Crippen molar-refractivity contribution in [2.45, 2.75) is 0 Å². The Labute approximate surface area is 109 Å². The maximum Gasteiger partial charge on any atom is 1.00 e. The summed E-state index contributed by atoms with van der Waals surface area (Å²) in [5.41, 5.74) is 0. The summed E-state index contributed by atoms with van der Waals surface area (Å²) >= 11 is 0. The Morgan fingerprint density at radius 2 is 1.33 bits per heavy atom. The third-order valence-electron chi connectivity index (χ3n) is 0. The average Bonchev–Trinajstić information content (AvgIpc) is 0.811. The van der Waals surface area contributed by atoms with Crippen LogP contribution in [0.15, 0.2) is 0 Å². The number of rotatable bonds is 0. The van der Waals surface area contributed by atoms with E-state index in [1.54, 1.807) is 0 Å². The van der Waals surface area contributed by atoms with Crippen molar-refractivity contribution in [1.29, 1.82) is 0 Å². The molecule has 0 rings (SSSR count). The van der Waals surface area contributed by atoms with Crippen molar-refractivity contribution >= 4 is 6.16 Å². The summed E-state index contributed by atoms with van der Waals surface area (Å²) in [6, 6.07) is 0. The number of hydrogen-bond acceptors (Lipinski definition) is 3. The van der Waals surface area contributed by atoms with E-state index in [-0.39, 0.29) is 91.3 Å². The van der Waals surface area contributed by atoms with Gasteiger partial charge >= 0.3 is 91.3 Å². The summed E-state index contributed by atoms with van der Waals surface area (Å²) in [7, 11) is 0. The van der Waals surface area contributed by atoms with Gasteiger partial charge < -0.3 is 15.0 Å². The molecule has 0 saturated carbocycles. The Balaban J connectivity index is -0.0000000450. The fraction of sp³-hybridized carbons (Fsp3) is 0. The first kappa shape index (κ1) is 15.7. The van der Waals surface area contributed by atoms with E-state index in [1.165, 1.54) is 0 Å². The molecule has 0 heterocycles. The van der Waals surface area contributed by atoms with Crippen molar-refractivity contribution < 1.29 is 106 Å². The summed E-state index contributed by atoms with van der Waals surface area (Å²) in [5, 5.41) is 16.7. The van der Waals surface area contributed by atoms with Crippen LogP contribution < -0.4 is 79.1 Å². The predicted octanol–water partition coefficient (Wildman–Crippen LogP) is -5.45. The molecule has 0 radical (unpaired) electrons. The molecule has 0 aliphatic carbocycles. The van der Waals surface area contributed by atoms with Crippen molar-refractivity contribution in [1.82, 2.24) is 0 Å². The summed E-state index contributed by atoms with van der Waals surface area (Å²) in [6.07, 6.45) is -2.33. The van der Waals surface area contributed by atoms with Gasteiger partial charge in [-0.25, -0.2) is 0 Å². The van der Waals surface area contributed by atoms with Crippen molar-refractivity contribution in [2.75, 3.05) is 0 Å². The molecule has 0 amide bonds. The zero-order chi connectivity index (χ0) is 3.58. The first-order valence-corrected chi connectivity index (χ1v) is 0.612. The van der Waals surface area contributed by atoms with Gasteiger partial charge in [-0.3, -0.25) is 0 Å². The molecule has 0 bridgehead atoms. The molecule has 6 heavy (non-hydrogen) atoms. The van der Waals surface area contributed by atoms with Gasteiger partial charge in [0, 0.05) is 0 Å². The van der Waals surface area contributed by atoms with Gasteiger partial charge in [0.05, 0.1) is 0 Å². The monoisotopic (exact) mass is 300 g/mol. The quantitative estimate of drug-likeness (QED) is 0.420. The van der Waals surface area contributed by atoms with Gasteiger partial charge in [-0.05, 0) is 6.16 Å². The Morgan fingerprint density at radius 3 is 1.33 bits per heavy atom. The number of carboxylic acid groups (broad SMARTS) is 2. The van der Waals surface area contributed by atoms with Crippen LogP contribution in [-0.4, -0.2) is 6.16 Å². The topological polar surface area (TPSA) is 63.2 Å². The van der Waals surface area contributed by atoms with Crippen molar-refractivity contribution in [3.8, 4) is 0 Å². The third-order valence-corrected chi connectivity index (χ3v) is 0. The van der Waals surface area contributed by atoms with Gasteiger partial charge in [0.25, 0.3) is 0 Å². The molecule has 0 aromatic rings. The second-order valence-corrected chi connectivity index (χ2v) is 0.250. The SMILES string of the molecule is O=C([O-])[O-].[Ag+].[Cs+]. The molecule has 0 aliphatic heterocycles. The van der Waals surface area contributed by atoms with Crippen LogP contribution in [0.1, 0.15) is 0 Å². The van der Waals surface area contributed by atoms with E-state index in [2.05, 4.69) is 0 Å². The summed E-state index contributed by atoms with van der Waals surface area (Å²) in [4.78, 5) is 8.33. The molecule has 0 unspecified atom stereocenters. The molecule has 3 nitrogen and oxygen atoms in total. The van der Waals surface area contributed by atoms with Crippen molar-refractivity contribution in [3.63, 3.8) is 0 Å². The van der Waals surface area contributed by atoms with Crippen LogP contribution in [0.25, 0.3) is 0 Å². The van der Waals surface area contributed by atoms with Crippen LogP contribution in [-0.2, 0) is 22.4 Å². The van der Waals surface area contributed by atoms with Crippen molar-refractivity contribution in [2.24, 2.45) is 0 Å². The van der Waals surface area contributed by atoms with E-state index in [9.17, 15) is 0 Å². The van der Waals surface area contributed by atoms with E-state index < -0.39 is 6.16 Å². The van der Waals surface area contributed by atoms with Gasteiger partial charge in [0.1, 0.15) is 0 Å². The third kappa shape index (κ3) is 36.5. The maximum atomic E-state index is 8.33. The van der Waals surface area contributed by atoms with Crippen LogP contribution in [0.4, 0.5) is 4.79 Å². The Morgan fingerprint density at radius 1 is 1.33 bits per heavy atom. The van der Waals surface area contributed by atoms with Crippen LogP contribution >= 0.6 is 0 Å². The maximum absolute atomic E-state index is 8.33. The van der Waals surface area contributed by atoms with Crippen LogP contribution in [0, 0.1) is 0 Å². The van der Waals surface area contributed by atoms with E-state index in [1.807, 2.05) is 0 Å². The van der Waals surface area contributed by atoms with Gasteiger partial charge in [-0.2, -0.15) is 0 Å². The number of carbonyl (C=O) groups excluding carboxylic acids is 1. The zero-order valence-corrected chi connectivity index (χ0v) is 10.8. The average molecular weight is 301 g/mol. The van der Waals surface area contributed by atoms with Crippen molar-refractivity contribution in [3.05, 3.63) is 0 Å². The minimum Gasteiger partial charge on any atom is -0.652 e. The van der Waals surface area contributed by atoms with Gasteiger partial charge in [-0.15, -0.1) is 0 Å². The Kier molecular flexibility index (Phi) is 26.5. The fourth-order valence-electron chi connectivity index (χ4n) is 0. The molecule has 0 aromatic carbocycles. The largest absolute Gasteiger partial charge is 1.00 e. The Hall–Kier alpha value is 2.06. The molecule has 0 aromatic heterocycles.